The van der Waals surface area contributed by atoms with Crippen molar-refractivity contribution in [2.75, 3.05) is 72.7 Å². The summed E-state index contributed by atoms with van der Waals surface area (Å²) in [6.45, 7) is 8.03. The van der Waals surface area contributed by atoms with E-state index in [1.165, 1.54) is 0 Å². The van der Waals surface area contributed by atoms with Crippen molar-refractivity contribution < 1.29 is 33.9 Å². The first-order chi connectivity index (χ1) is 10.1. The van der Waals surface area contributed by atoms with E-state index in [0.29, 0.717) is 66.1 Å². The van der Waals surface area contributed by atoms with Gasteiger partial charge in [0.25, 0.3) is 0 Å². The van der Waals surface area contributed by atoms with E-state index < -0.39 is 5.60 Å². The van der Waals surface area contributed by atoms with Crippen molar-refractivity contribution in [3.05, 3.63) is 0 Å². The van der Waals surface area contributed by atoms with Crippen molar-refractivity contribution in [3.63, 3.8) is 0 Å². The van der Waals surface area contributed by atoms with Crippen LogP contribution in [0.2, 0.25) is 0 Å². The van der Waals surface area contributed by atoms with Gasteiger partial charge in [-0.15, -0.1) is 48.0 Å². The normalized spacial score (nSPS) is 10.5. The summed E-state index contributed by atoms with van der Waals surface area (Å²) in [5.74, 6) is 0. The Morgan fingerprint density at radius 3 is 1.21 bits per heavy atom. The Bertz CT molecular complexity index is 222. The Balaban J connectivity index is -0.000000667. The predicted octanol–water partition coefficient (Wildman–Crippen LogP) is 0.688. The zero-order chi connectivity index (χ0) is 15.8. The molecule has 0 fully saturated rings. The first kappa shape index (κ1) is 33.5. The molecule has 0 aliphatic heterocycles. The van der Waals surface area contributed by atoms with E-state index in [1.54, 1.807) is 13.8 Å². The summed E-state index contributed by atoms with van der Waals surface area (Å²) in [7, 11) is 0. The third-order valence-electron chi connectivity index (χ3n) is 2.18. The molecule has 0 amide bonds. The summed E-state index contributed by atoms with van der Waals surface area (Å²) in [5, 5.41) is 17.9. The van der Waals surface area contributed by atoms with Gasteiger partial charge in [0, 0.05) is 23.7 Å². The average Bonchev–Trinajstić information content (AvgIpc) is 2.42. The Morgan fingerprint density at radius 1 is 0.625 bits per heavy atom. The molecule has 7 nitrogen and oxygen atoms in total. The van der Waals surface area contributed by atoms with Crippen LogP contribution in [0.3, 0.4) is 0 Å². The molecule has 0 aromatic heterocycles. The second-order valence-corrected chi connectivity index (χ2v) is 5.04. The molecule has 0 aromatic rings. The van der Waals surface area contributed by atoms with E-state index in [9.17, 15) is 5.11 Å². The Kier molecular flexibility index (Phi) is 34.9. The molecule has 0 aromatic carbocycles. The molecule has 2 radical (unpaired) electrons. The average molecular weight is 694 g/mol. The quantitative estimate of drug-likeness (QED) is 0.140. The van der Waals surface area contributed by atoms with Crippen molar-refractivity contribution in [3.8, 4) is 0 Å². The first-order valence-corrected chi connectivity index (χ1v) is 7.28. The number of aliphatic hydroxyl groups excluding tert-OH is 1. The number of hydrogen-bond acceptors (Lipinski definition) is 7. The minimum atomic E-state index is -0.799. The van der Waals surface area contributed by atoms with Crippen molar-refractivity contribution in [1.29, 1.82) is 0 Å². The van der Waals surface area contributed by atoms with Crippen LogP contribution in [0.4, 0.5) is 0 Å². The van der Waals surface area contributed by atoms with Crippen molar-refractivity contribution in [2.45, 2.75) is 19.4 Å². The first-order valence-electron chi connectivity index (χ1n) is 7.28. The van der Waals surface area contributed by atoms with E-state index in [4.69, 9.17) is 28.8 Å². The second kappa shape index (κ2) is 25.0. The molecule has 0 atom stereocenters. The molecule has 10 heteroatoms. The fourth-order valence-electron chi connectivity index (χ4n) is 1.27. The monoisotopic (exact) mass is 696 g/mol. The maximum absolute atomic E-state index is 9.40. The number of hydrogen-bond donors (Lipinski definition) is 2. The smallest absolute Gasteiger partial charge is 0.0824 e. The summed E-state index contributed by atoms with van der Waals surface area (Å²) >= 11 is 0. The molecule has 0 saturated heterocycles. The molecule has 0 bridgehead atoms. The van der Waals surface area contributed by atoms with E-state index in [2.05, 4.69) is 0 Å². The van der Waals surface area contributed by atoms with E-state index in [0.717, 1.165) is 0 Å². The third-order valence-corrected chi connectivity index (χ3v) is 2.18. The minimum absolute atomic E-state index is 0. The summed E-state index contributed by atoms with van der Waals surface area (Å²) in [5.41, 5.74) is -0.799. The standard InChI is InChI=1S/C14H30O7.2HI.Te/c1-14(2,16)13-21-12-11-20-10-9-19-8-7-18-6-5-17-4-3-15;;;/h15-16H,3-13H2,1-2H3;2*1H;. The maximum Gasteiger partial charge on any atom is 0.0824 e. The van der Waals surface area contributed by atoms with Gasteiger partial charge in [-0.3, -0.25) is 0 Å². The molecule has 0 aliphatic carbocycles. The fraction of sp³-hybridized carbons (Fsp3) is 1.00. The topological polar surface area (TPSA) is 86.6 Å². The van der Waals surface area contributed by atoms with Crippen molar-refractivity contribution >= 4 is 71.6 Å². The Labute approximate surface area is 196 Å². The molecule has 0 spiro atoms. The molecule has 0 heterocycles. The van der Waals surface area contributed by atoms with Crippen LogP contribution >= 0.6 is 48.0 Å². The maximum atomic E-state index is 9.40. The molecule has 150 valence electrons. The minimum Gasteiger partial charge on any atom is -0.394 e. The van der Waals surface area contributed by atoms with Crippen LogP contribution in [0, 0.1) is 0 Å². The van der Waals surface area contributed by atoms with Crippen LogP contribution in [0.25, 0.3) is 0 Å². The largest absolute Gasteiger partial charge is 0.394 e. The van der Waals surface area contributed by atoms with Gasteiger partial charge in [-0.1, -0.05) is 0 Å². The predicted molar refractivity (Wildman–Crippen MR) is 114 cm³/mol. The van der Waals surface area contributed by atoms with Gasteiger partial charge in [0.05, 0.1) is 78.3 Å². The van der Waals surface area contributed by atoms with Crippen LogP contribution in [0.15, 0.2) is 0 Å². The molecular weight excluding hydrogens is 662 g/mol. The molecule has 2 N–H and O–H groups in total. The Hall–Kier alpha value is 1.97. The molecule has 0 unspecified atom stereocenters. The van der Waals surface area contributed by atoms with Gasteiger partial charge in [-0.05, 0) is 13.8 Å². The van der Waals surface area contributed by atoms with Crippen molar-refractivity contribution in [2.24, 2.45) is 0 Å². The van der Waals surface area contributed by atoms with E-state index >= 15 is 0 Å². The van der Waals surface area contributed by atoms with E-state index in [1.807, 2.05) is 0 Å². The number of halogens is 2. The molecule has 24 heavy (non-hydrogen) atoms. The Morgan fingerprint density at radius 2 is 0.917 bits per heavy atom. The number of rotatable bonds is 16. The number of ether oxygens (including phenoxy) is 5. The van der Waals surface area contributed by atoms with Crippen LogP contribution in [-0.2, 0) is 23.7 Å². The molecular formula is C14H32I2O7Te. The molecule has 0 rings (SSSR count). The second-order valence-electron chi connectivity index (χ2n) is 5.04. The van der Waals surface area contributed by atoms with Gasteiger partial charge >= 0.3 is 0 Å². The third kappa shape index (κ3) is 31.7. The molecule has 0 saturated carbocycles. The van der Waals surface area contributed by atoms with E-state index in [-0.39, 0.29) is 78.2 Å². The number of aliphatic hydroxyl groups is 2. The summed E-state index contributed by atoms with van der Waals surface area (Å²) in [6, 6.07) is 0. The van der Waals surface area contributed by atoms with Crippen LogP contribution in [0.1, 0.15) is 13.8 Å². The summed E-state index contributed by atoms with van der Waals surface area (Å²) in [4.78, 5) is 0. The van der Waals surface area contributed by atoms with Crippen molar-refractivity contribution in [1.82, 2.24) is 0 Å². The van der Waals surface area contributed by atoms with Gasteiger partial charge in [-0.25, -0.2) is 0 Å². The van der Waals surface area contributed by atoms with Gasteiger partial charge in [0.2, 0.25) is 0 Å². The zero-order valence-electron chi connectivity index (χ0n) is 14.4. The van der Waals surface area contributed by atoms with Gasteiger partial charge < -0.3 is 33.9 Å². The SMILES string of the molecule is CC(C)(O)COCCOCCOCCOCCOCCO.I.I.[Te]. The zero-order valence-corrected chi connectivity index (χ0v) is 21.4. The van der Waals surface area contributed by atoms with Gasteiger partial charge in [0.15, 0.2) is 0 Å². The van der Waals surface area contributed by atoms with Crippen LogP contribution < -0.4 is 0 Å². The summed E-state index contributed by atoms with van der Waals surface area (Å²) < 4.78 is 26.1. The van der Waals surface area contributed by atoms with Gasteiger partial charge in [0.1, 0.15) is 0 Å². The van der Waals surface area contributed by atoms with Crippen LogP contribution in [-0.4, -0.2) is 112 Å². The summed E-state index contributed by atoms with van der Waals surface area (Å²) in [6.07, 6.45) is 0. The molecule has 0 aliphatic rings. The van der Waals surface area contributed by atoms with Crippen LogP contribution in [0.5, 0.6) is 0 Å². The fourth-order valence-corrected chi connectivity index (χ4v) is 1.27. The van der Waals surface area contributed by atoms with Gasteiger partial charge in [-0.2, -0.15) is 0 Å².